The molecule has 38 heavy (non-hydrogen) atoms. The Bertz CT molecular complexity index is 1250. The van der Waals surface area contributed by atoms with E-state index in [0.29, 0.717) is 47.9 Å². The highest BCUT2D eigenvalue weighted by Gasteiger charge is 2.52. The Morgan fingerprint density at radius 2 is 1.55 bits per heavy atom. The predicted molar refractivity (Wildman–Crippen MR) is 149 cm³/mol. The molecule has 0 unspecified atom stereocenters. The number of hydrogen-bond acceptors (Lipinski definition) is 6. The second-order valence-corrected chi connectivity index (χ2v) is 12.3. The minimum Gasteiger partial charge on any atom is -0.494 e. The van der Waals surface area contributed by atoms with Crippen molar-refractivity contribution in [1.82, 2.24) is 0 Å². The van der Waals surface area contributed by atoms with Gasteiger partial charge in [0.25, 0.3) is 0 Å². The van der Waals surface area contributed by atoms with Gasteiger partial charge in [-0.1, -0.05) is 31.9 Å². The molecule has 0 radical (unpaired) electrons. The molecule has 3 fully saturated rings. The number of imide groups is 1. The number of anilines is 2. The summed E-state index contributed by atoms with van der Waals surface area (Å²) in [5.41, 5.74) is 1.86. The quantitative estimate of drug-likeness (QED) is 0.194. The van der Waals surface area contributed by atoms with Crippen molar-refractivity contribution in [2.45, 2.75) is 42.8 Å². The number of benzene rings is 2. The number of nitrogens with zero attached hydrogens (tertiary/aromatic N) is 2. The molecule has 8 nitrogen and oxygen atoms in total. The van der Waals surface area contributed by atoms with Gasteiger partial charge >= 0.3 is 5.97 Å². The Balaban J connectivity index is 1.25. The monoisotopic (exact) mass is 646 g/mol. The Morgan fingerprint density at radius 1 is 0.947 bits per heavy atom. The lowest BCUT2D eigenvalue weighted by atomic mass is 9.81. The summed E-state index contributed by atoms with van der Waals surface area (Å²) < 4.78 is 11.1. The summed E-state index contributed by atoms with van der Waals surface area (Å²) in [5.74, 6) is -1.27. The lowest BCUT2D eigenvalue weighted by Crippen LogP contribution is -2.34. The number of carbonyl (C=O) groups is 4. The van der Waals surface area contributed by atoms with Gasteiger partial charge < -0.3 is 14.4 Å². The zero-order chi connectivity index (χ0) is 27.1. The third kappa shape index (κ3) is 5.00. The van der Waals surface area contributed by atoms with Crippen LogP contribution in [0.1, 0.15) is 31.7 Å². The molecule has 5 rings (SSSR count). The molecule has 10 heteroatoms. The lowest BCUT2D eigenvalue weighted by molar-refractivity contribution is -0.139. The summed E-state index contributed by atoms with van der Waals surface area (Å²) in [6.07, 6.45) is 1.26. The molecule has 1 aliphatic carbocycles. The summed E-state index contributed by atoms with van der Waals surface area (Å²) in [7, 11) is 0. The number of fused-ring (bicyclic) bond motifs is 1. The summed E-state index contributed by atoms with van der Waals surface area (Å²) in [6, 6.07) is 12.1. The molecule has 1 saturated carbocycles. The molecule has 2 aromatic rings. The van der Waals surface area contributed by atoms with Crippen LogP contribution in [0.3, 0.4) is 0 Å². The highest BCUT2D eigenvalue weighted by molar-refractivity contribution is 9.12. The van der Waals surface area contributed by atoms with E-state index in [-0.39, 0.29) is 52.2 Å². The lowest BCUT2D eigenvalue weighted by Gasteiger charge is -2.29. The highest BCUT2D eigenvalue weighted by Crippen LogP contribution is 2.45. The van der Waals surface area contributed by atoms with Crippen LogP contribution >= 0.6 is 31.9 Å². The molecule has 0 spiro atoms. The van der Waals surface area contributed by atoms with Gasteiger partial charge in [0.1, 0.15) is 11.5 Å². The summed E-state index contributed by atoms with van der Waals surface area (Å²) in [4.78, 5) is 55.0. The predicted octanol–water partition coefficient (Wildman–Crippen LogP) is 4.78. The minimum absolute atomic E-state index is 0.0613. The van der Waals surface area contributed by atoms with Crippen molar-refractivity contribution < 1.29 is 28.7 Å². The third-order valence-corrected chi connectivity index (χ3v) is 10.2. The van der Waals surface area contributed by atoms with Crippen LogP contribution in [-0.2, 0) is 19.2 Å². The van der Waals surface area contributed by atoms with Crippen LogP contribution < -0.4 is 19.3 Å². The molecule has 5 atom stereocenters. The van der Waals surface area contributed by atoms with Crippen molar-refractivity contribution >= 4 is 66.9 Å². The van der Waals surface area contributed by atoms with Crippen molar-refractivity contribution in [3.63, 3.8) is 0 Å². The number of ether oxygens (including phenoxy) is 2. The first-order valence-corrected chi connectivity index (χ1v) is 14.5. The van der Waals surface area contributed by atoms with E-state index in [0.717, 1.165) is 0 Å². The number of amides is 3. The number of alkyl halides is 2. The molecular formula is C28H28Br2N2O6. The first-order valence-electron chi connectivity index (χ1n) is 12.7. The summed E-state index contributed by atoms with van der Waals surface area (Å²) >= 11 is 7.22. The zero-order valence-corrected chi connectivity index (χ0v) is 24.2. The van der Waals surface area contributed by atoms with Crippen LogP contribution in [0.15, 0.2) is 42.5 Å². The fraction of sp³-hybridized carbons (Fsp3) is 0.429. The van der Waals surface area contributed by atoms with Crippen LogP contribution in [-0.4, -0.2) is 46.5 Å². The Hall–Kier alpha value is -2.72. The fourth-order valence-corrected chi connectivity index (χ4v) is 6.72. The fourth-order valence-electron chi connectivity index (χ4n) is 5.48. The maximum atomic E-state index is 13.2. The van der Waals surface area contributed by atoms with Gasteiger partial charge in [0.15, 0.2) is 0 Å². The van der Waals surface area contributed by atoms with Gasteiger partial charge in [-0.15, -0.1) is 0 Å². The van der Waals surface area contributed by atoms with Gasteiger partial charge in [0, 0.05) is 28.3 Å². The van der Waals surface area contributed by atoms with Gasteiger partial charge in [-0.05, 0) is 74.7 Å². The van der Waals surface area contributed by atoms with Crippen LogP contribution in [0.4, 0.5) is 11.4 Å². The third-order valence-electron chi connectivity index (χ3n) is 7.46. The van der Waals surface area contributed by atoms with E-state index < -0.39 is 11.9 Å². The number of halogens is 2. The smallest absolute Gasteiger partial charge is 0.316 e. The maximum absolute atomic E-state index is 13.2. The Morgan fingerprint density at radius 3 is 2.13 bits per heavy atom. The molecule has 200 valence electrons. The van der Waals surface area contributed by atoms with Gasteiger partial charge in [0.2, 0.25) is 17.7 Å². The van der Waals surface area contributed by atoms with E-state index in [1.165, 1.54) is 4.90 Å². The van der Waals surface area contributed by atoms with Gasteiger partial charge in [-0.3, -0.25) is 19.2 Å². The van der Waals surface area contributed by atoms with Crippen molar-refractivity contribution in [3.05, 3.63) is 48.0 Å². The molecular weight excluding hydrogens is 620 g/mol. The number of carbonyl (C=O) groups excluding carboxylic acids is 4. The number of aryl methyl sites for hydroxylation is 1. The first kappa shape index (κ1) is 26.9. The second kappa shape index (κ2) is 10.8. The van der Waals surface area contributed by atoms with E-state index in [1.54, 1.807) is 54.3 Å². The van der Waals surface area contributed by atoms with E-state index in [1.807, 2.05) is 6.92 Å². The number of hydrogen-bond donors (Lipinski definition) is 0. The first-order chi connectivity index (χ1) is 18.2. The maximum Gasteiger partial charge on any atom is 0.316 e. The van der Waals surface area contributed by atoms with Crippen LogP contribution in [0.2, 0.25) is 0 Å². The van der Waals surface area contributed by atoms with Crippen molar-refractivity contribution in [1.29, 1.82) is 0 Å². The van der Waals surface area contributed by atoms with Gasteiger partial charge in [-0.2, -0.15) is 0 Å². The molecule has 2 aromatic carbocycles. The Kier molecular flexibility index (Phi) is 7.64. The average Bonchev–Trinajstić information content (AvgIpc) is 3.38. The van der Waals surface area contributed by atoms with Gasteiger partial charge in [-0.25, -0.2) is 4.90 Å². The molecule has 2 saturated heterocycles. The second-order valence-electron chi connectivity index (χ2n) is 9.93. The molecule has 3 amide bonds. The molecule has 0 aromatic heterocycles. The molecule has 0 bridgehead atoms. The van der Waals surface area contributed by atoms with Crippen molar-refractivity contribution in [3.8, 4) is 11.5 Å². The molecule has 0 N–H and O–H groups in total. The largest absolute Gasteiger partial charge is 0.494 e. The SMILES string of the molecule is CCOc1ccc(N2C[C@H](C(=O)Oc3ccc(N4C(=O)[C@H]5C[C@@H](Br)[C@@H](Br)C[C@H]5C4=O)c(C)c3)CC2=O)cc1. The van der Waals surface area contributed by atoms with Crippen LogP contribution in [0.5, 0.6) is 11.5 Å². The van der Waals surface area contributed by atoms with E-state index in [9.17, 15) is 19.2 Å². The highest BCUT2D eigenvalue weighted by atomic mass is 79.9. The van der Waals surface area contributed by atoms with Crippen molar-refractivity contribution in [2.24, 2.45) is 17.8 Å². The Labute approximate surface area is 237 Å². The normalized spacial score (nSPS) is 27.1. The molecule has 2 aliphatic heterocycles. The average molecular weight is 648 g/mol. The van der Waals surface area contributed by atoms with Crippen LogP contribution in [0, 0.1) is 24.7 Å². The number of rotatable bonds is 6. The zero-order valence-electron chi connectivity index (χ0n) is 21.1. The topological polar surface area (TPSA) is 93.2 Å². The molecule has 3 aliphatic rings. The van der Waals surface area contributed by atoms with Crippen LogP contribution in [0.25, 0.3) is 0 Å². The minimum atomic E-state index is -0.603. The molecule has 2 heterocycles. The summed E-state index contributed by atoms with van der Waals surface area (Å²) in [5, 5.41) is 0. The summed E-state index contributed by atoms with van der Waals surface area (Å²) in [6.45, 7) is 4.46. The van der Waals surface area contributed by atoms with E-state index in [2.05, 4.69) is 31.9 Å². The standard InChI is InChI=1S/C28H28Br2N2O6/c1-3-37-18-6-4-17(5-7-18)31-14-16(11-25(31)33)28(36)38-19-8-9-24(15(2)10-19)32-26(34)20-12-22(29)23(30)13-21(20)27(32)35/h4-10,16,20-23H,3,11-14H2,1-2H3/t16-,20-,21+,22+,23-/m1/s1. The number of esters is 1. The van der Waals surface area contributed by atoms with Gasteiger partial charge in [0.05, 0.1) is 30.0 Å². The van der Waals surface area contributed by atoms with E-state index in [4.69, 9.17) is 9.47 Å². The van der Waals surface area contributed by atoms with E-state index >= 15 is 0 Å². The van der Waals surface area contributed by atoms with Crippen molar-refractivity contribution in [2.75, 3.05) is 23.0 Å².